The van der Waals surface area contributed by atoms with Gasteiger partial charge in [0.15, 0.2) is 5.75 Å². The highest BCUT2D eigenvalue weighted by atomic mass is 35.5. The summed E-state index contributed by atoms with van der Waals surface area (Å²) in [7, 11) is 0. The first-order valence-electron chi connectivity index (χ1n) is 4.84. The minimum absolute atomic E-state index is 0.128. The third kappa shape index (κ3) is 2.51. The fourth-order valence-electron chi connectivity index (χ4n) is 1.22. The van der Waals surface area contributed by atoms with E-state index in [9.17, 15) is 10.1 Å². The lowest BCUT2D eigenvalue weighted by Crippen LogP contribution is -1.99. The Kier molecular flexibility index (Phi) is 3.33. The van der Waals surface area contributed by atoms with E-state index in [1.807, 2.05) is 0 Å². The van der Waals surface area contributed by atoms with Crippen LogP contribution >= 0.6 is 11.6 Å². The van der Waals surface area contributed by atoms with Crippen LogP contribution in [0.25, 0.3) is 0 Å². The molecule has 92 valence electrons. The molecule has 0 saturated carbocycles. The molecule has 0 aliphatic rings. The number of ether oxygens (including phenoxy) is 1. The molecular formula is C10H7ClN4O3. The molecule has 0 radical (unpaired) electrons. The Morgan fingerprint density at radius 3 is 2.89 bits per heavy atom. The molecule has 0 fully saturated rings. The summed E-state index contributed by atoms with van der Waals surface area (Å²) >= 11 is 5.59. The number of hydrogen-bond donors (Lipinski definition) is 0. The molecule has 0 atom stereocenters. The molecule has 0 aliphatic heterocycles. The quantitative estimate of drug-likeness (QED) is 0.482. The molecule has 2 rings (SSSR count). The Morgan fingerprint density at radius 2 is 2.22 bits per heavy atom. The summed E-state index contributed by atoms with van der Waals surface area (Å²) in [6.45, 7) is 1.71. The van der Waals surface area contributed by atoms with Crippen molar-refractivity contribution in [1.82, 2.24) is 15.0 Å². The van der Waals surface area contributed by atoms with Crippen molar-refractivity contribution in [3.8, 4) is 11.6 Å². The van der Waals surface area contributed by atoms with Crippen LogP contribution in [0.1, 0.15) is 5.69 Å². The second kappa shape index (κ2) is 4.92. The first kappa shape index (κ1) is 12.2. The standard InChI is InChI=1S/C10H7ClN4O3/c1-6-8(3-2-4-12-6)18-9-7(15(16)17)5-13-10(11)14-9/h2-5H,1H3. The third-order valence-corrected chi connectivity index (χ3v) is 2.25. The average Bonchev–Trinajstić information content (AvgIpc) is 2.32. The lowest BCUT2D eigenvalue weighted by Gasteiger charge is -2.06. The van der Waals surface area contributed by atoms with Gasteiger partial charge in [0.25, 0.3) is 0 Å². The van der Waals surface area contributed by atoms with Crippen LogP contribution in [-0.2, 0) is 0 Å². The number of pyridine rings is 1. The second-order valence-electron chi connectivity index (χ2n) is 3.28. The summed E-state index contributed by atoms with van der Waals surface area (Å²) in [4.78, 5) is 21.4. The normalized spacial score (nSPS) is 10.1. The van der Waals surface area contributed by atoms with Crippen molar-refractivity contribution in [2.24, 2.45) is 0 Å². The van der Waals surface area contributed by atoms with Crippen LogP contribution in [0, 0.1) is 17.0 Å². The highest BCUT2D eigenvalue weighted by Crippen LogP contribution is 2.30. The lowest BCUT2D eigenvalue weighted by molar-refractivity contribution is -0.386. The molecule has 8 heteroatoms. The molecule has 0 amide bonds. The Morgan fingerprint density at radius 1 is 1.44 bits per heavy atom. The first-order valence-corrected chi connectivity index (χ1v) is 5.22. The molecule has 0 aromatic carbocycles. The first-order chi connectivity index (χ1) is 8.58. The molecule has 2 aromatic heterocycles. The zero-order chi connectivity index (χ0) is 13.1. The molecular weight excluding hydrogens is 260 g/mol. The van der Waals surface area contributed by atoms with Gasteiger partial charge in [-0.15, -0.1) is 0 Å². The van der Waals surface area contributed by atoms with Crippen molar-refractivity contribution >= 4 is 17.3 Å². The molecule has 0 bridgehead atoms. The van der Waals surface area contributed by atoms with Gasteiger partial charge in [-0.3, -0.25) is 15.1 Å². The van der Waals surface area contributed by atoms with Gasteiger partial charge < -0.3 is 4.74 Å². The molecule has 18 heavy (non-hydrogen) atoms. The van der Waals surface area contributed by atoms with Crippen molar-refractivity contribution in [3.05, 3.63) is 45.6 Å². The van der Waals surface area contributed by atoms with E-state index in [0.717, 1.165) is 6.20 Å². The largest absolute Gasteiger partial charge is 0.432 e. The van der Waals surface area contributed by atoms with E-state index in [-0.39, 0.29) is 16.9 Å². The number of rotatable bonds is 3. The average molecular weight is 267 g/mol. The number of aryl methyl sites for hydroxylation is 1. The predicted molar refractivity (Wildman–Crippen MR) is 62.7 cm³/mol. The summed E-state index contributed by atoms with van der Waals surface area (Å²) < 4.78 is 5.34. The zero-order valence-corrected chi connectivity index (χ0v) is 9.96. The molecule has 0 aliphatic carbocycles. The number of hydrogen-bond acceptors (Lipinski definition) is 6. The van der Waals surface area contributed by atoms with Crippen LogP contribution in [0.4, 0.5) is 5.69 Å². The zero-order valence-electron chi connectivity index (χ0n) is 9.20. The molecule has 0 unspecified atom stereocenters. The molecule has 0 spiro atoms. The van der Waals surface area contributed by atoms with Crippen molar-refractivity contribution in [2.45, 2.75) is 6.92 Å². The number of nitrogens with zero attached hydrogens (tertiary/aromatic N) is 4. The maximum Gasteiger partial charge on any atom is 0.349 e. The highest BCUT2D eigenvalue weighted by molar-refractivity contribution is 6.28. The van der Waals surface area contributed by atoms with Gasteiger partial charge >= 0.3 is 11.6 Å². The lowest BCUT2D eigenvalue weighted by atomic mass is 10.3. The van der Waals surface area contributed by atoms with Crippen molar-refractivity contribution in [1.29, 1.82) is 0 Å². The minimum Gasteiger partial charge on any atom is -0.432 e. The van der Waals surface area contributed by atoms with Crippen LogP contribution in [0.15, 0.2) is 24.5 Å². The topological polar surface area (TPSA) is 91.0 Å². The van der Waals surface area contributed by atoms with Crippen LogP contribution < -0.4 is 4.74 Å². The fourth-order valence-corrected chi connectivity index (χ4v) is 1.35. The van der Waals surface area contributed by atoms with E-state index in [4.69, 9.17) is 16.3 Å². The Hall–Kier alpha value is -2.28. The van der Waals surface area contributed by atoms with E-state index in [1.54, 1.807) is 25.3 Å². The second-order valence-corrected chi connectivity index (χ2v) is 3.61. The monoisotopic (exact) mass is 266 g/mol. The van der Waals surface area contributed by atoms with E-state index >= 15 is 0 Å². The van der Waals surface area contributed by atoms with Crippen LogP contribution in [0.2, 0.25) is 5.28 Å². The maximum absolute atomic E-state index is 10.8. The number of halogens is 1. The van der Waals surface area contributed by atoms with Crippen molar-refractivity contribution in [3.63, 3.8) is 0 Å². The Labute approximate surface area is 107 Å². The van der Waals surface area contributed by atoms with Crippen molar-refractivity contribution < 1.29 is 9.66 Å². The number of nitro groups is 1. The van der Waals surface area contributed by atoms with E-state index in [2.05, 4.69) is 15.0 Å². The van der Waals surface area contributed by atoms with Crippen molar-refractivity contribution in [2.75, 3.05) is 0 Å². The summed E-state index contributed by atoms with van der Waals surface area (Å²) in [6, 6.07) is 3.28. The highest BCUT2D eigenvalue weighted by Gasteiger charge is 2.19. The minimum atomic E-state index is -0.642. The van der Waals surface area contributed by atoms with Gasteiger partial charge in [0, 0.05) is 6.20 Å². The molecule has 0 saturated heterocycles. The summed E-state index contributed by atoms with van der Waals surface area (Å²) in [5.41, 5.74) is 0.226. The molecule has 0 N–H and O–H groups in total. The van der Waals surface area contributed by atoms with Crippen LogP contribution in [0.3, 0.4) is 0 Å². The van der Waals surface area contributed by atoms with E-state index < -0.39 is 4.92 Å². The summed E-state index contributed by atoms with van der Waals surface area (Å²) in [5.74, 6) is 0.159. The molecule has 2 heterocycles. The predicted octanol–water partition coefficient (Wildman–Crippen LogP) is 2.53. The summed E-state index contributed by atoms with van der Waals surface area (Å²) in [5, 5.41) is 10.7. The van der Waals surface area contributed by atoms with Gasteiger partial charge in [0.1, 0.15) is 6.20 Å². The summed E-state index contributed by atoms with van der Waals surface area (Å²) in [6.07, 6.45) is 2.58. The van der Waals surface area contributed by atoms with E-state index in [1.165, 1.54) is 0 Å². The smallest absolute Gasteiger partial charge is 0.349 e. The van der Waals surface area contributed by atoms with Gasteiger partial charge in [0.05, 0.1) is 10.6 Å². The van der Waals surface area contributed by atoms with Gasteiger partial charge in [-0.2, -0.15) is 4.98 Å². The van der Waals surface area contributed by atoms with Gasteiger partial charge in [-0.25, -0.2) is 4.98 Å². The third-order valence-electron chi connectivity index (χ3n) is 2.07. The Bertz CT molecular complexity index is 605. The number of aromatic nitrogens is 3. The van der Waals surface area contributed by atoms with Gasteiger partial charge in [-0.05, 0) is 30.7 Å². The fraction of sp³-hybridized carbons (Fsp3) is 0.100. The van der Waals surface area contributed by atoms with Gasteiger partial charge in [-0.1, -0.05) is 0 Å². The van der Waals surface area contributed by atoms with E-state index in [0.29, 0.717) is 11.4 Å². The van der Waals surface area contributed by atoms with Crippen LogP contribution in [0.5, 0.6) is 11.6 Å². The SMILES string of the molecule is Cc1ncccc1Oc1nc(Cl)ncc1[N+](=O)[O-]. The van der Waals surface area contributed by atoms with Crippen LogP contribution in [-0.4, -0.2) is 19.9 Å². The van der Waals surface area contributed by atoms with Gasteiger partial charge in [0.2, 0.25) is 5.28 Å². The molecule has 2 aromatic rings. The molecule has 7 nitrogen and oxygen atoms in total. The maximum atomic E-state index is 10.8. The Balaban J connectivity index is 2.42.